The third-order valence-corrected chi connectivity index (χ3v) is 7.43. The molecule has 0 amide bonds. The molecule has 32 heavy (non-hydrogen) atoms. The lowest BCUT2D eigenvalue weighted by Gasteiger charge is -2.29. The number of rotatable bonds is 4. The summed E-state index contributed by atoms with van der Waals surface area (Å²) in [6.45, 7) is 8.85. The van der Waals surface area contributed by atoms with Crippen LogP contribution in [0.15, 0.2) is 48.7 Å². The Balaban J connectivity index is 1.66. The van der Waals surface area contributed by atoms with Crippen LogP contribution in [0.25, 0.3) is 0 Å². The van der Waals surface area contributed by atoms with E-state index in [2.05, 4.69) is 78.9 Å². The van der Waals surface area contributed by atoms with Crippen LogP contribution in [0.2, 0.25) is 0 Å². The molecule has 1 saturated heterocycles. The minimum atomic E-state index is 0.00189. The summed E-state index contributed by atoms with van der Waals surface area (Å²) in [6.07, 6.45) is 7.09. The molecule has 3 aromatic rings. The Labute approximate surface area is 196 Å². The molecule has 0 unspecified atom stereocenters. The van der Waals surface area contributed by atoms with Crippen molar-refractivity contribution in [3.05, 3.63) is 82.4 Å². The van der Waals surface area contributed by atoms with Crippen molar-refractivity contribution in [1.82, 2.24) is 14.9 Å². The van der Waals surface area contributed by atoms with Gasteiger partial charge in [-0.15, -0.1) is 0 Å². The zero-order valence-corrected chi connectivity index (χ0v) is 20.2. The van der Waals surface area contributed by atoms with E-state index in [1.54, 1.807) is 0 Å². The maximum Gasteiger partial charge on any atom is 0.174 e. The van der Waals surface area contributed by atoms with E-state index < -0.39 is 0 Å². The molecule has 3 heterocycles. The zero-order chi connectivity index (χ0) is 22.4. The number of pyridine rings is 1. The summed E-state index contributed by atoms with van der Waals surface area (Å²) in [7, 11) is 0. The van der Waals surface area contributed by atoms with E-state index in [1.807, 2.05) is 12.3 Å². The van der Waals surface area contributed by atoms with Gasteiger partial charge >= 0.3 is 0 Å². The molecule has 1 aromatic carbocycles. The number of anilines is 1. The number of thiocarbonyl (C=S) groups is 1. The second kappa shape index (κ2) is 8.36. The Morgan fingerprint density at radius 2 is 1.69 bits per heavy atom. The van der Waals surface area contributed by atoms with Gasteiger partial charge in [-0.25, -0.2) is 0 Å². The molecular weight excluding hydrogens is 412 g/mol. The summed E-state index contributed by atoms with van der Waals surface area (Å²) >= 11 is 5.93. The standard InChI is InChI=1S/C27H32N4S/c1-17-13-18(2)15-22(14-17)31-26(25(29-27(31)32)24-11-7-8-12-28-24)23-16-19(3)30(20(23)4)21-9-5-6-10-21/h7-8,11-16,21,25-26H,5-6,9-10H2,1-4H3,(H,29,32)/t25-,26+/m1/s1. The van der Waals surface area contributed by atoms with Crippen LogP contribution in [0.5, 0.6) is 0 Å². The second-order valence-corrected chi connectivity index (χ2v) is 9.86. The van der Waals surface area contributed by atoms with E-state index in [0.29, 0.717) is 6.04 Å². The second-order valence-electron chi connectivity index (χ2n) is 9.48. The van der Waals surface area contributed by atoms with E-state index in [9.17, 15) is 0 Å². The molecule has 0 spiro atoms. The molecular formula is C27H32N4S. The molecule has 2 aromatic heterocycles. The summed E-state index contributed by atoms with van der Waals surface area (Å²) in [5.41, 5.74) is 8.73. The lowest BCUT2D eigenvalue weighted by atomic mass is 9.96. The number of hydrogen-bond donors (Lipinski definition) is 1. The van der Waals surface area contributed by atoms with Crippen LogP contribution in [0.3, 0.4) is 0 Å². The lowest BCUT2D eigenvalue weighted by molar-refractivity contribution is 0.494. The number of nitrogens with one attached hydrogen (secondary N) is 1. The Hall–Kier alpha value is -2.66. The number of aryl methyl sites for hydroxylation is 3. The third kappa shape index (κ3) is 3.62. The van der Waals surface area contributed by atoms with Gasteiger partial charge in [-0.1, -0.05) is 25.0 Å². The first kappa shape index (κ1) is 21.2. The fourth-order valence-corrected chi connectivity index (χ4v) is 6.21. The lowest BCUT2D eigenvalue weighted by Crippen LogP contribution is -2.29. The summed E-state index contributed by atoms with van der Waals surface area (Å²) < 4.78 is 2.58. The molecule has 2 fully saturated rings. The van der Waals surface area contributed by atoms with Crippen molar-refractivity contribution in [1.29, 1.82) is 0 Å². The molecule has 0 radical (unpaired) electrons. The fourth-order valence-electron chi connectivity index (χ4n) is 5.87. The average molecular weight is 445 g/mol. The first-order valence-corrected chi connectivity index (χ1v) is 12.1. The van der Waals surface area contributed by atoms with E-state index in [1.165, 1.54) is 53.8 Å². The highest BCUT2D eigenvalue weighted by Crippen LogP contribution is 2.45. The van der Waals surface area contributed by atoms with Crippen molar-refractivity contribution < 1.29 is 0 Å². The highest BCUT2D eigenvalue weighted by molar-refractivity contribution is 7.80. The van der Waals surface area contributed by atoms with Crippen LogP contribution < -0.4 is 10.2 Å². The maximum atomic E-state index is 5.93. The monoisotopic (exact) mass is 444 g/mol. The highest BCUT2D eigenvalue weighted by Gasteiger charge is 2.42. The maximum absolute atomic E-state index is 5.93. The van der Waals surface area contributed by atoms with Gasteiger partial charge in [0.1, 0.15) is 0 Å². The molecule has 5 rings (SSSR count). The van der Waals surface area contributed by atoms with Gasteiger partial charge in [0.2, 0.25) is 0 Å². The van der Waals surface area contributed by atoms with Crippen molar-refractivity contribution >= 4 is 23.0 Å². The van der Waals surface area contributed by atoms with Gasteiger partial charge in [-0.3, -0.25) is 4.98 Å². The number of hydrogen-bond acceptors (Lipinski definition) is 2. The summed E-state index contributed by atoms with van der Waals surface area (Å²) in [5, 5.41) is 4.38. The van der Waals surface area contributed by atoms with Crippen molar-refractivity contribution in [2.45, 2.75) is 71.5 Å². The smallest absolute Gasteiger partial charge is 0.174 e. The zero-order valence-electron chi connectivity index (χ0n) is 19.4. The van der Waals surface area contributed by atoms with Crippen molar-refractivity contribution in [2.24, 2.45) is 0 Å². The van der Waals surface area contributed by atoms with Crippen LogP contribution in [0.4, 0.5) is 5.69 Å². The van der Waals surface area contributed by atoms with Gasteiger partial charge in [0.15, 0.2) is 5.11 Å². The number of nitrogens with zero attached hydrogens (tertiary/aromatic N) is 3. The van der Waals surface area contributed by atoms with Gasteiger partial charge in [-0.05, 0) is 99.8 Å². The fraction of sp³-hybridized carbons (Fsp3) is 0.407. The van der Waals surface area contributed by atoms with Gasteiger partial charge in [-0.2, -0.15) is 0 Å². The van der Waals surface area contributed by atoms with Gasteiger partial charge in [0, 0.05) is 29.3 Å². The molecule has 1 saturated carbocycles. The van der Waals surface area contributed by atoms with E-state index in [4.69, 9.17) is 17.2 Å². The molecule has 4 nitrogen and oxygen atoms in total. The molecule has 0 bridgehead atoms. The molecule has 2 aliphatic rings. The normalized spacial score (nSPS) is 21.4. The average Bonchev–Trinajstić information content (AvgIpc) is 3.46. The molecule has 1 aliphatic carbocycles. The predicted octanol–water partition coefficient (Wildman–Crippen LogP) is 6.41. The Kier molecular flexibility index (Phi) is 5.54. The molecule has 5 heteroatoms. The van der Waals surface area contributed by atoms with Crippen molar-refractivity contribution in [3.8, 4) is 0 Å². The first-order valence-electron chi connectivity index (χ1n) is 11.7. The first-order chi connectivity index (χ1) is 15.4. The van der Waals surface area contributed by atoms with Gasteiger partial charge in [0.05, 0.1) is 17.8 Å². The highest BCUT2D eigenvalue weighted by atomic mass is 32.1. The van der Waals surface area contributed by atoms with Crippen molar-refractivity contribution in [2.75, 3.05) is 4.90 Å². The van der Waals surface area contributed by atoms with Crippen LogP contribution in [-0.2, 0) is 0 Å². The molecule has 1 N–H and O–H groups in total. The van der Waals surface area contributed by atoms with E-state index in [-0.39, 0.29) is 12.1 Å². The van der Waals surface area contributed by atoms with Crippen LogP contribution in [0, 0.1) is 27.7 Å². The van der Waals surface area contributed by atoms with E-state index in [0.717, 1.165) is 16.5 Å². The molecule has 2 atom stereocenters. The SMILES string of the molecule is Cc1cc(C)cc(N2C(=S)N[C@H](c3ccccn3)[C@@H]2c2cc(C)n(C3CCCC3)c2C)c1. The molecule has 166 valence electrons. The van der Waals surface area contributed by atoms with Gasteiger partial charge < -0.3 is 14.8 Å². The summed E-state index contributed by atoms with van der Waals surface area (Å²) in [4.78, 5) is 7.03. The Morgan fingerprint density at radius 3 is 2.34 bits per heavy atom. The summed E-state index contributed by atoms with van der Waals surface area (Å²) in [6, 6.07) is 15.9. The minimum absolute atomic E-state index is 0.00189. The van der Waals surface area contributed by atoms with E-state index >= 15 is 0 Å². The van der Waals surface area contributed by atoms with Crippen LogP contribution in [-0.4, -0.2) is 14.7 Å². The van der Waals surface area contributed by atoms with Gasteiger partial charge in [0.25, 0.3) is 0 Å². The number of aromatic nitrogens is 2. The topological polar surface area (TPSA) is 33.1 Å². The Bertz CT molecular complexity index is 1120. The largest absolute Gasteiger partial charge is 0.351 e. The van der Waals surface area contributed by atoms with Crippen LogP contribution >= 0.6 is 12.2 Å². The van der Waals surface area contributed by atoms with Crippen LogP contribution in [0.1, 0.15) is 77.6 Å². The quantitative estimate of drug-likeness (QED) is 0.472. The minimum Gasteiger partial charge on any atom is -0.351 e. The van der Waals surface area contributed by atoms with Crippen molar-refractivity contribution in [3.63, 3.8) is 0 Å². The summed E-state index contributed by atoms with van der Waals surface area (Å²) in [5.74, 6) is 0. The molecule has 1 aliphatic heterocycles. The third-order valence-electron chi connectivity index (χ3n) is 7.11. The predicted molar refractivity (Wildman–Crippen MR) is 135 cm³/mol. The number of benzene rings is 1. The Morgan fingerprint density at radius 1 is 0.969 bits per heavy atom.